The summed E-state index contributed by atoms with van der Waals surface area (Å²) in [7, 11) is 0. The van der Waals surface area contributed by atoms with E-state index in [1.54, 1.807) is 11.3 Å². The Hall–Kier alpha value is -1.74. The van der Waals surface area contributed by atoms with Crippen LogP contribution in [0.4, 0.5) is 0 Å². The van der Waals surface area contributed by atoms with E-state index in [9.17, 15) is 4.79 Å². The van der Waals surface area contributed by atoms with E-state index in [4.69, 9.17) is 0 Å². The number of carbonyl (C=O) groups excluding carboxylic acids is 1. The van der Waals surface area contributed by atoms with Crippen LogP contribution in [0.5, 0.6) is 0 Å². The van der Waals surface area contributed by atoms with Crippen molar-refractivity contribution in [2.45, 2.75) is 44.9 Å². The van der Waals surface area contributed by atoms with Gasteiger partial charge in [-0.15, -0.1) is 11.3 Å². The molecule has 23 heavy (non-hydrogen) atoms. The van der Waals surface area contributed by atoms with Crippen LogP contribution >= 0.6 is 11.3 Å². The Labute approximate surface area is 141 Å². The molecule has 2 nitrogen and oxygen atoms in total. The highest BCUT2D eigenvalue weighted by Gasteiger charge is 2.48. The van der Waals surface area contributed by atoms with E-state index in [1.807, 2.05) is 11.6 Å². The summed E-state index contributed by atoms with van der Waals surface area (Å²) in [6.07, 6.45) is 3.48. The van der Waals surface area contributed by atoms with E-state index in [2.05, 4.69) is 43.1 Å². The Morgan fingerprint density at radius 2 is 2.04 bits per heavy atom. The van der Waals surface area contributed by atoms with Gasteiger partial charge in [0.05, 0.1) is 16.6 Å². The molecule has 2 aromatic rings. The monoisotopic (exact) mass is 323 g/mol. The Kier molecular flexibility index (Phi) is 3.49. The second-order valence-electron chi connectivity index (χ2n) is 6.85. The molecule has 2 aliphatic carbocycles. The number of aromatic nitrogens is 1. The lowest BCUT2D eigenvalue weighted by atomic mass is 9.61. The average Bonchev–Trinajstić information content (AvgIpc) is 3.02. The third kappa shape index (κ3) is 2.06. The maximum Gasteiger partial charge on any atom is 0.160 e. The lowest BCUT2D eigenvalue weighted by molar-refractivity contribution is -0.117. The Balaban J connectivity index is 2.03. The number of ketones is 1. The van der Waals surface area contributed by atoms with Gasteiger partial charge in [-0.1, -0.05) is 49.8 Å². The topological polar surface area (TPSA) is 30.0 Å². The van der Waals surface area contributed by atoms with Gasteiger partial charge in [0, 0.05) is 23.3 Å². The highest BCUT2D eigenvalue weighted by Crippen LogP contribution is 2.52. The first-order chi connectivity index (χ1) is 11.2. The lowest BCUT2D eigenvalue weighted by Crippen LogP contribution is -2.40. The molecule has 0 radical (unpaired) electrons. The molecular weight excluding hydrogens is 302 g/mol. The highest BCUT2D eigenvalue weighted by atomic mass is 32.1. The predicted octanol–water partition coefficient (Wildman–Crippen LogP) is 4.69. The normalized spacial score (nSPS) is 26.9. The highest BCUT2D eigenvalue weighted by molar-refractivity contribution is 7.10. The van der Waals surface area contributed by atoms with E-state index in [-0.39, 0.29) is 5.41 Å². The first kappa shape index (κ1) is 14.8. The predicted molar refractivity (Wildman–Crippen MR) is 93.8 cm³/mol. The number of benzene rings is 1. The third-order valence-corrected chi connectivity index (χ3v) is 6.43. The molecule has 2 atom stereocenters. The third-order valence-electron chi connectivity index (χ3n) is 5.39. The molecule has 0 unspecified atom stereocenters. The van der Waals surface area contributed by atoms with E-state index < -0.39 is 0 Å². The van der Waals surface area contributed by atoms with Crippen LogP contribution in [0.3, 0.4) is 0 Å². The van der Waals surface area contributed by atoms with Crippen LogP contribution in [0, 0.1) is 5.92 Å². The van der Waals surface area contributed by atoms with E-state index in [0.717, 1.165) is 24.8 Å². The number of hydrogen-bond acceptors (Lipinski definition) is 3. The van der Waals surface area contributed by atoms with Crippen LogP contribution in [0.2, 0.25) is 0 Å². The molecule has 4 rings (SSSR count). The summed E-state index contributed by atoms with van der Waals surface area (Å²) in [5, 5.41) is 0. The minimum absolute atomic E-state index is 0.289. The smallest absolute Gasteiger partial charge is 0.160 e. The summed E-state index contributed by atoms with van der Waals surface area (Å²) in [5.74, 6) is 0.801. The van der Waals surface area contributed by atoms with Crippen LogP contribution in [0.25, 0.3) is 0 Å². The van der Waals surface area contributed by atoms with Crippen LogP contribution in [0.15, 0.2) is 47.0 Å². The molecule has 1 aromatic heterocycles. The Morgan fingerprint density at radius 3 is 2.78 bits per heavy atom. The molecule has 1 aromatic carbocycles. The van der Waals surface area contributed by atoms with Gasteiger partial charge in [-0.25, -0.2) is 4.98 Å². The average molecular weight is 323 g/mol. The Bertz CT molecular complexity index is 789. The fourth-order valence-electron chi connectivity index (χ4n) is 4.51. The zero-order valence-electron chi connectivity index (χ0n) is 13.6. The molecule has 0 bridgehead atoms. The summed E-state index contributed by atoms with van der Waals surface area (Å²) in [6, 6.07) is 10.6. The molecule has 3 heteroatoms. The molecule has 2 aliphatic rings. The van der Waals surface area contributed by atoms with Crippen molar-refractivity contribution in [3.05, 3.63) is 63.1 Å². The number of carbonyl (C=O) groups is 1. The van der Waals surface area contributed by atoms with Gasteiger partial charge in [-0.3, -0.25) is 4.79 Å². The van der Waals surface area contributed by atoms with E-state index >= 15 is 0 Å². The van der Waals surface area contributed by atoms with Crippen LogP contribution in [-0.4, -0.2) is 10.8 Å². The maximum atomic E-state index is 13.0. The number of rotatable bonds is 2. The summed E-state index contributed by atoms with van der Waals surface area (Å²) in [5.41, 5.74) is 6.50. The molecule has 118 valence electrons. The number of Topliss-reactive ketones (excluding diaryl/α,β-unsaturated/α-hetero) is 1. The van der Waals surface area contributed by atoms with E-state index in [0.29, 0.717) is 18.1 Å². The van der Waals surface area contributed by atoms with Gasteiger partial charge >= 0.3 is 0 Å². The van der Waals surface area contributed by atoms with Crippen LogP contribution < -0.4 is 0 Å². The maximum absolute atomic E-state index is 13.0. The quantitative estimate of drug-likeness (QED) is 0.802. The lowest BCUT2D eigenvalue weighted by Gasteiger charge is -2.42. The molecule has 0 amide bonds. The first-order valence-corrected chi connectivity index (χ1v) is 9.28. The zero-order valence-corrected chi connectivity index (χ0v) is 14.5. The van der Waals surface area contributed by atoms with Crippen molar-refractivity contribution in [2.24, 2.45) is 5.92 Å². The van der Waals surface area contributed by atoms with Crippen molar-refractivity contribution in [1.29, 1.82) is 0 Å². The summed E-state index contributed by atoms with van der Waals surface area (Å²) in [4.78, 5) is 19.0. The van der Waals surface area contributed by atoms with Crippen LogP contribution in [-0.2, 0) is 16.6 Å². The zero-order chi connectivity index (χ0) is 16.0. The van der Waals surface area contributed by atoms with Gasteiger partial charge < -0.3 is 0 Å². The van der Waals surface area contributed by atoms with Crippen LogP contribution in [0.1, 0.15) is 49.2 Å². The molecule has 0 saturated heterocycles. The van der Waals surface area contributed by atoms with Crippen molar-refractivity contribution in [3.8, 4) is 0 Å². The number of hydrogen-bond donors (Lipinski definition) is 0. The first-order valence-electron chi connectivity index (χ1n) is 8.41. The molecule has 1 heterocycles. The fourth-order valence-corrected chi connectivity index (χ4v) is 5.62. The molecule has 0 N–H and O–H groups in total. The van der Waals surface area contributed by atoms with Gasteiger partial charge in [0.1, 0.15) is 0 Å². The van der Waals surface area contributed by atoms with Crippen molar-refractivity contribution in [2.75, 3.05) is 0 Å². The van der Waals surface area contributed by atoms with Gasteiger partial charge in [0.2, 0.25) is 0 Å². The van der Waals surface area contributed by atoms with Gasteiger partial charge in [0.25, 0.3) is 0 Å². The Morgan fingerprint density at radius 1 is 1.26 bits per heavy atom. The molecule has 0 fully saturated rings. The number of allylic oxidation sites excluding steroid dienone is 2. The van der Waals surface area contributed by atoms with Crippen molar-refractivity contribution < 1.29 is 4.79 Å². The van der Waals surface area contributed by atoms with Gasteiger partial charge in [-0.05, 0) is 24.3 Å². The molecule has 0 aliphatic heterocycles. The second kappa shape index (κ2) is 5.41. The molecule has 0 spiro atoms. The van der Waals surface area contributed by atoms with Crippen molar-refractivity contribution >= 4 is 17.1 Å². The number of thiazole rings is 1. The fraction of sp³-hybridized carbons (Fsp3) is 0.400. The summed E-state index contributed by atoms with van der Waals surface area (Å²) in [6.45, 7) is 4.39. The van der Waals surface area contributed by atoms with E-state index in [1.165, 1.54) is 21.7 Å². The van der Waals surface area contributed by atoms with Crippen molar-refractivity contribution in [1.82, 2.24) is 4.98 Å². The second-order valence-corrected chi connectivity index (χ2v) is 7.70. The SMILES string of the molecule is CC[C@@]1(c2ccccc2)C2=C(Cc3ncsc31)C[C@H](C)CC2=O. The van der Waals surface area contributed by atoms with Crippen molar-refractivity contribution in [3.63, 3.8) is 0 Å². The standard InChI is InChI=1S/C20H21NOS/c1-3-20(15-7-5-4-6-8-15)18-14(9-13(2)10-17(18)22)11-16-19(20)23-12-21-16/h4-8,12-13H,3,9-11H2,1-2H3/t13-,20+/m0/s1. The molecular formula is C20H21NOS. The molecule has 0 saturated carbocycles. The summed E-state index contributed by atoms with van der Waals surface area (Å²) >= 11 is 1.71. The minimum Gasteiger partial charge on any atom is -0.294 e. The van der Waals surface area contributed by atoms with Gasteiger partial charge in [-0.2, -0.15) is 0 Å². The number of fused-ring (bicyclic) bond motifs is 1. The summed E-state index contributed by atoms with van der Waals surface area (Å²) < 4.78 is 0. The number of nitrogens with zero attached hydrogens (tertiary/aromatic N) is 1. The van der Waals surface area contributed by atoms with Gasteiger partial charge in [0.15, 0.2) is 5.78 Å². The minimum atomic E-state index is -0.289. The largest absolute Gasteiger partial charge is 0.294 e.